The summed E-state index contributed by atoms with van der Waals surface area (Å²) in [6, 6.07) is 7.14. The Balaban J connectivity index is 1.60. The topological polar surface area (TPSA) is 28.6 Å². The van der Waals surface area contributed by atoms with E-state index >= 15 is 0 Å². The number of piperazine rings is 1. The van der Waals surface area contributed by atoms with E-state index in [2.05, 4.69) is 27.8 Å². The van der Waals surface area contributed by atoms with Gasteiger partial charge in [-0.1, -0.05) is 6.07 Å². The summed E-state index contributed by atoms with van der Waals surface area (Å²) in [5.41, 5.74) is 3.16. The molecule has 0 atom stereocenters. The molecule has 2 heterocycles. The molecular formula is C18H22FN3O. The summed E-state index contributed by atoms with van der Waals surface area (Å²) in [4.78, 5) is 8.81. The van der Waals surface area contributed by atoms with E-state index in [0.717, 1.165) is 31.7 Å². The minimum Gasteiger partial charge on any atom is -0.497 e. The van der Waals surface area contributed by atoms with E-state index in [-0.39, 0.29) is 5.82 Å². The van der Waals surface area contributed by atoms with Gasteiger partial charge in [-0.3, -0.25) is 9.88 Å². The molecule has 1 aliphatic heterocycles. The lowest BCUT2D eigenvalue weighted by molar-refractivity contribution is 0.246. The first kappa shape index (κ1) is 15.7. The second kappa shape index (κ2) is 6.96. The highest BCUT2D eigenvalue weighted by Gasteiger charge is 2.19. The van der Waals surface area contributed by atoms with Crippen molar-refractivity contribution in [3.8, 4) is 5.75 Å². The van der Waals surface area contributed by atoms with E-state index in [0.29, 0.717) is 12.3 Å². The lowest BCUT2D eigenvalue weighted by Crippen LogP contribution is -2.46. The Kier molecular flexibility index (Phi) is 4.76. The van der Waals surface area contributed by atoms with E-state index < -0.39 is 0 Å². The molecule has 0 amide bonds. The van der Waals surface area contributed by atoms with Crippen LogP contribution in [0.15, 0.2) is 36.7 Å². The summed E-state index contributed by atoms with van der Waals surface area (Å²) in [5, 5.41) is 0. The fraction of sp³-hybridized carbons (Fsp3) is 0.389. The van der Waals surface area contributed by atoms with Crippen LogP contribution in [-0.2, 0) is 6.54 Å². The number of halogens is 1. The van der Waals surface area contributed by atoms with Crippen LogP contribution in [0.5, 0.6) is 5.75 Å². The number of rotatable bonds is 4. The number of benzene rings is 1. The molecule has 1 saturated heterocycles. The number of anilines is 1. The van der Waals surface area contributed by atoms with Crippen molar-refractivity contribution in [1.29, 1.82) is 0 Å². The molecule has 122 valence electrons. The highest BCUT2D eigenvalue weighted by molar-refractivity contribution is 5.51. The summed E-state index contributed by atoms with van der Waals surface area (Å²) in [7, 11) is 1.55. The van der Waals surface area contributed by atoms with E-state index in [1.807, 2.05) is 24.5 Å². The Hall–Kier alpha value is -2.14. The second-order valence-corrected chi connectivity index (χ2v) is 5.88. The van der Waals surface area contributed by atoms with Crippen molar-refractivity contribution in [2.45, 2.75) is 13.5 Å². The summed E-state index contributed by atoms with van der Waals surface area (Å²) in [5.74, 6) is 0.362. The number of nitrogens with zero attached hydrogens (tertiary/aromatic N) is 3. The monoisotopic (exact) mass is 315 g/mol. The SMILES string of the molecule is COc1ccc(CN2CCN(c3ccncc3C)CC2)c(F)c1. The minimum absolute atomic E-state index is 0.197. The molecule has 1 aromatic carbocycles. The third kappa shape index (κ3) is 3.62. The van der Waals surface area contributed by atoms with Crippen LogP contribution in [0.4, 0.5) is 10.1 Å². The zero-order valence-corrected chi connectivity index (χ0v) is 13.6. The maximum Gasteiger partial charge on any atom is 0.131 e. The van der Waals surface area contributed by atoms with Gasteiger partial charge in [-0.25, -0.2) is 4.39 Å². The zero-order chi connectivity index (χ0) is 16.2. The summed E-state index contributed by atoms with van der Waals surface area (Å²) >= 11 is 0. The smallest absolute Gasteiger partial charge is 0.131 e. The molecule has 4 nitrogen and oxygen atoms in total. The van der Waals surface area contributed by atoms with Gasteiger partial charge in [0.1, 0.15) is 11.6 Å². The average Bonchev–Trinajstić information content (AvgIpc) is 2.58. The summed E-state index contributed by atoms with van der Waals surface area (Å²) < 4.78 is 19.1. The van der Waals surface area contributed by atoms with Gasteiger partial charge in [0.15, 0.2) is 0 Å². The van der Waals surface area contributed by atoms with Crippen LogP contribution < -0.4 is 9.64 Å². The molecule has 1 aliphatic rings. The third-order valence-corrected chi connectivity index (χ3v) is 4.36. The fourth-order valence-corrected chi connectivity index (χ4v) is 2.99. The predicted octanol–water partition coefficient (Wildman–Crippen LogP) is 2.86. The van der Waals surface area contributed by atoms with Gasteiger partial charge < -0.3 is 9.64 Å². The maximum absolute atomic E-state index is 14.1. The van der Waals surface area contributed by atoms with Crippen molar-refractivity contribution in [3.63, 3.8) is 0 Å². The van der Waals surface area contributed by atoms with Crippen molar-refractivity contribution in [3.05, 3.63) is 53.6 Å². The van der Waals surface area contributed by atoms with Crippen LogP contribution >= 0.6 is 0 Å². The number of pyridine rings is 1. The predicted molar refractivity (Wildman–Crippen MR) is 89.4 cm³/mol. The number of aromatic nitrogens is 1. The molecule has 0 unspecified atom stereocenters. The van der Waals surface area contributed by atoms with Gasteiger partial charge in [0.25, 0.3) is 0 Å². The minimum atomic E-state index is -0.197. The van der Waals surface area contributed by atoms with Gasteiger partial charge in [-0.2, -0.15) is 0 Å². The number of aryl methyl sites for hydroxylation is 1. The van der Waals surface area contributed by atoms with E-state index in [9.17, 15) is 4.39 Å². The van der Waals surface area contributed by atoms with Crippen molar-refractivity contribution < 1.29 is 9.13 Å². The number of hydrogen-bond donors (Lipinski definition) is 0. The Morgan fingerprint density at radius 3 is 2.61 bits per heavy atom. The molecule has 0 N–H and O–H groups in total. The normalized spacial score (nSPS) is 15.7. The molecule has 0 saturated carbocycles. The van der Waals surface area contributed by atoms with Crippen LogP contribution in [0.1, 0.15) is 11.1 Å². The molecule has 1 aromatic heterocycles. The second-order valence-electron chi connectivity index (χ2n) is 5.88. The standard InChI is InChI=1S/C18H22FN3O/c1-14-12-20-6-5-18(14)22-9-7-21(8-10-22)13-15-3-4-16(23-2)11-17(15)19/h3-6,11-12H,7-10,13H2,1-2H3. The molecular weight excluding hydrogens is 293 g/mol. The molecule has 0 spiro atoms. The third-order valence-electron chi connectivity index (χ3n) is 4.36. The Morgan fingerprint density at radius 2 is 1.96 bits per heavy atom. The van der Waals surface area contributed by atoms with Gasteiger partial charge in [0.05, 0.1) is 7.11 Å². The van der Waals surface area contributed by atoms with Crippen molar-refractivity contribution in [2.24, 2.45) is 0 Å². The lowest BCUT2D eigenvalue weighted by atomic mass is 10.1. The fourth-order valence-electron chi connectivity index (χ4n) is 2.99. The molecule has 2 aromatic rings. The van der Waals surface area contributed by atoms with Crippen molar-refractivity contribution >= 4 is 5.69 Å². The molecule has 1 fully saturated rings. The first-order valence-electron chi connectivity index (χ1n) is 7.87. The molecule has 23 heavy (non-hydrogen) atoms. The Morgan fingerprint density at radius 1 is 1.17 bits per heavy atom. The number of hydrogen-bond acceptors (Lipinski definition) is 4. The van der Waals surface area contributed by atoms with Crippen LogP contribution in [-0.4, -0.2) is 43.2 Å². The van der Waals surface area contributed by atoms with Crippen molar-refractivity contribution in [2.75, 3.05) is 38.2 Å². The van der Waals surface area contributed by atoms with Gasteiger partial charge in [-0.15, -0.1) is 0 Å². The zero-order valence-electron chi connectivity index (χ0n) is 13.6. The quantitative estimate of drug-likeness (QED) is 0.867. The van der Waals surface area contributed by atoms with E-state index in [1.54, 1.807) is 7.11 Å². The Bertz CT molecular complexity index is 669. The number of ether oxygens (including phenoxy) is 1. The first-order valence-corrected chi connectivity index (χ1v) is 7.87. The van der Waals surface area contributed by atoms with Crippen LogP contribution in [0.3, 0.4) is 0 Å². The summed E-state index contributed by atoms with van der Waals surface area (Å²) in [6.07, 6.45) is 3.73. The van der Waals surface area contributed by atoms with Gasteiger partial charge >= 0.3 is 0 Å². The van der Waals surface area contributed by atoms with Gasteiger partial charge in [0, 0.05) is 62.4 Å². The van der Waals surface area contributed by atoms with Gasteiger partial charge in [-0.05, 0) is 24.6 Å². The Labute approximate surface area is 136 Å². The largest absolute Gasteiger partial charge is 0.497 e. The lowest BCUT2D eigenvalue weighted by Gasteiger charge is -2.36. The van der Waals surface area contributed by atoms with E-state index in [1.165, 1.54) is 17.3 Å². The number of methoxy groups -OCH3 is 1. The average molecular weight is 315 g/mol. The highest BCUT2D eigenvalue weighted by atomic mass is 19.1. The van der Waals surface area contributed by atoms with Crippen LogP contribution in [0.2, 0.25) is 0 Å². The molecule has 5 heteroatoms. The first-order chi connectivity index (χ1) is 11.2. The molecule has 0 bridgehead atoms. The van der Waals surface area contributed by atoms with E-state index in [4.69, 9.17) is 4.74 Å². The van der Waals surface area contributed by atoms with Gasteiger partial charge in [0.2, 0.25) is 0 Å². The van der Waals surface area contributed by atoms with Crippen molar-refractivity contribution in [1.82, 2.24) is 9.88 Å². The maximum atomic E-state index is 14.1. The summed E-state index contributed by atoms with van der Waals surface area (Å²) in [6.45, 7) is 6.46. The molecule has 0 aliphatic carbocycles. The highest BCUT2D eigenvalue weighted by Crippen LogP contribution is 2.22. The molecule has 3 rings (SSSR count). The van der Waals surface area contributed by atoms with Crippen LogP contribution in [0.25, 0.3) is 0 Å². The molecule has 0 radical (unpaired) electrons. The van der Waals surface area contributed by atoms with Crippen LogP contribution in [0, 0.1) is 12.7 Å².